The van der Waals surface area contributed by atoms with E-state index in [0.29, 0.717) is 5.69 Å². The molecule has 1 rings (SSSR count). The van der Waals surface area contributed by atoms with Crippen molar-refractivity contribution < 1.29 is 9.59 Å². The number of urea groups is 1. The Bertz CT molecular complexity index is 415. The molecule has 0 aliphatic rings. The van der Waals surface area contributed by atoms with Crippen LogP contribution < -0.4 is 16.8 Å². The minimum absolute atomic E-state index is 0.213. The summed E-state index contributed by atoms with van der Waals surface area (Å²) in [6, 6.07) is -1.78. The molecule has 0 bridgehead atoms. The van der Waals surface area contributed by atoms with Crippen LogP contribution in [0.1, 0.15) is 38.0 Å². The first-order valence-corrected chi connectivity index (χ1v) is 5.23. The second-order valence-corrected chi connectivity index (χ2v) is 3.67. The summed E-state index contributed by atoms with van der Waals surface area (Å²) in [6.45, 7) is 3.50. The van der Waals surface area contributed by atoms with Crippen LogP contribution in [-0.2, 0) is 4.79 Å². The highest BCUT2D eigenvalue weighted by molar-refractivity contribution is 5.95. The zero-order chi connectivity index (χ0) is 13.0. The normalized spacial score (nSPS) is 14.1. The number of carbonyl (C=O) groups is 2. The molecule has 1 heterocycles. The first-order chi connectivity index (χ1) is 7.95. The first-order valence-electron chi connectivity index (χ1n) is 5.23. The van der Waals surface area contributed by atoms with Crippen molar-refractivity contribution in [3.05, 3.63) is 11.9 Å². The van der Waals surface area contributed by atoms with E-state index in [2.05, 4.69) is 10.3 Å². The van der Waals surface area contributed by atoms with Crippen molar-refractivity contribution in [1.29, 1.82) is 0 Å². The summed E-state index contributed by atoms with van der Waals surface area (Å²) in [5.41, 5.74) is 11.2. The van der Waals surface area contributed by atoms with Crippen molar-refractivity contribution in [2.75, 3.05) is 0 Å². The van der Waals surface area contributed by atoms with Crippen LogP contribution in [0.3, 0.4) is 0 Å². The highest BCUT2D eigenvalue weighted by Crippen LogP contribution is 2.12. The molecule has 1 aromatic rings. The van der Waals surface area contributed by atoms with E-state index >= 15 is 0 Å². The van der Waals surface area contributed by atoms with Crippen LogP contribution in [0.25, 0.3) is 0 Å². The zero-order valence-corrected chi connectivity index (χ0v) is 9.75. The van der Waals surface area contributed by atoms with Crippen LogP contribution in [0.2, 0.25) is 0 Å². The van der Waals surface area contributed by atoms with Crippen molar-refractivity contribution in [2.45, 2.75) is 32.4 Å². The predicted molar refractivity (Wildman–Crippen MR) is 59.7 cm³/mol. The summed E-state index contributed by atoms with van der Waals surface area (Å²) in [5, 5.41) is 9.62. The number of hydrogen-bond acceptors (Lipinski definition) is 5. The molecule has 1 aromatic heterocycles. The van der Waals surface area contributed by atoms with Crippen molar-refractivity contribution in [2.24, 2.45) is 11.5 Å². The Morgan fingerprint density at radius 1 is 1.59 bits per heavy atom. The van der Waals surface area contributed by atoms with Gasteiger partial charge in [0.25, 0.3) is 5.91 Å². The molecule has 8 nitrogen and oxygen atoms in total. The summed E-state index contributed by atoms with van der Waals surface area (Å²) in [6.07, 6.45) is 2.31. The second kappa shape index (κ2) is 5.39. The lowest BCUT2D eigenvalue weighted by molar-refractivity contribution is -0.123. The fourth-order valence-electron chi connectivity index (χ4n) is 1.20. The average Bonchev–Trinajstić information content (AvgIpc) is 2.75. The minimum Gasteiger partial charge on any atom is -0.351 e. The number of hydrogen-bond donors (Lipinski definition) is 3. The zero-order valence-electron chi connectivity index (χ0n) is 9.75. The molecule has 8 heteroatoms. The Morgan fingerprint density at radius 2 is 2.24 bits per heavy atom. The first kappa shape index (κ1) is 13.1. The molecule has 17 heavy (non-hydrogen) atoms. The fraction of sp³-hybridized carbons (Fsp3) is 0.556. The lowest BCUT2D eigenvalue weighted by Crippen LogP contribution is -2.39. The van der Waals surface area contributed by atoms with E-state index in [9.17, 15) is 9.59 Å². The molecule has 94 valence electrons. The van der Waals surface area contributed by atoms with Crippen molar-refractivity contribution in [1.82, 2.24) is 20.3 Å². The van der Waals surface area contributed by atoms with Gasteiger partial charge in [0.1, 0.15) is 6.04 Å². The van der Waals surface area contributed by atoms with Gasteiger partial charge in [0, 0.05) is 0 Å². The third-order valence-corrected chi connectivity index (χ3v) is 2.37. The third-order valence-electron chi connectivity index (χ3n) is 2.37. The highest BCUT2D eigenvalue weighted by Gasteiger charge is 2.19. The summed E-state index contributed by atoms with van der Waals surface area (Å²) in [7, 11) is 0. The van der Waals surface area contributed by atoms with Crippen LogP contribution >= 0.6 is 0 Å². The number of imide groups is 1. The summed E-state index contributed by atoms with van der Waals surface area (Å²) in [4.78, 5) is 22.0. The fourth-order valence-corrected chi connectivity index (χ4v) is 1.20. The Morgan fingerprint density at radius 3 is 2.76 bits per heavy atom. The molecule has 0 spiro atoms. The van der Waals surface area contributed by atoms with Gasteiger partial charge in [-0.25, -0.2) is 9.48 Å². The number of aromatic nitrogens is 3. The third kappa shape index (κ3) is 3.25. The maximum absolute atomic E-state index is 11.5. The van der Waals surface area contributed by atoms with Gasteiger partial charge in [0.15, 0.2) is 0 Å². The molecule has 0 saturated heterocycles. The Labute approximate surface area is 98.3 Å². The number of amides is 3. The molecule has 0 fully saturated rings. The molecule has 2 atom stereocenters. The van der Waals surface area contributed by atoms with E-state index in [1.54, 1.807) is 13.1 Å². The Balaban J connectivity index is 2.76. The topological polar surface area (TPSA) is 129 Å². The number of nitrogens with one attached hydrogen (secondary N) is 1. The van der Waals surface area contributed by atoms with Crippen molar-refractivity contribution in [3.63, 3.8) is 0 Å². The molecule has 2 unspecified atom stereocenters. The van der Waals surface area contributed by atoms with Crippen LogP contribution in [0.5, 0.6) is 0 Å². The van der Waals surface area contributed by atoms with E-state index in [1.165, 1.54) is 4.68 Å². The van der Waals surface area contributed by atoms with Gasteiger partial charge in [-0.15, -0.1) is 5.10 Å². The van der Waals surface area contributed by atoms with E-state index in [0.717, 1.165) is 6.42 Å². The SMILES string of the molecule is CCC(N)c1cn(C(C)C(=O)NC(N)=O)nn1. The van der Waals surface area contributed by atoms with Gasteiger partial charge < -0.3 is 11.5 Å². The van der Waals surface area contributed by atoms with E-state index in [-0.39, 0.29) is 6.04 Å². The molecule has 3 amide bonds. The molecule has 0 aromatic carbocycles. The van der Waals surface area contributed by atoms with Crippen LogP contribution in [-0.4, -0.2) is 26.9 Å². The van der Waals surface area contributed by atoms with Gasteiger partial charge in [0.2, 0.25) is 0 Å². The maximum Gasteiger partial charge on any atom is 0.318 e. The van der Waals surface area contributed by atoms with E-state index < -0.39 is 18.0 Å². The van der Waals surface area contributed by atoms with Gasteiger partial charge in [0.05, 0.1) is 17.9 Å². The largest absolute Gasteiger partial charge is 0.351 e. The molecule has 0 saturated carbocycles. The van der Waals surface area contributed by atoms with Crippen LogP contribution in [0, 0.1) is 0 Å². The van der Waals surface area contributed by atoms with Crippen molar-refractivity contribution in [3.8, 4) is 0 Å². The second-order valence-electron chi connectivity index (χ2n) is 3.67. The predicted octanol–water partition coefficient (Wildman–Crippen LogP) is -0.556. The number of nitrogens with zero attached hydrogens (tertiary/aromatic N) is 3. The van der Waals surface area contributed by atoms with Gasteiger partial charge in [-0.2, -0.15) is 0 Å². The average molecular weight is 240 g/mol. The minimum atomic E-state index is -0.896. The van der Waals surface area contributed by atoms with Crippen molar-refractivity contribution >= 4 is 11.9 Å². The summed E-state index contributed by atoms with van der Waals surface area (Å²) >= 11 is 0. The molecule has 0 radical (unpaired) electrons. The molecule has 0 aliphatic carbocycles. The van der Waals surface area contributed by atoms with E-state index in [4.69, 9.17) is 11.5 Å². The molecular formula is C9H16N6O2. The quantitative estimate of drug-likeness (QED) is 0.649. The van der Waals surface area contributed by atoms with Gasteiger partial charge in [-0.3, -0.25) is 10.1 Å². The summed E-state index contributed by atoms with van der Waals surface area (Å²) in [5.74, 6) is -0.543. The monoisotopic (exact) mass is 240 g/mol. The molecule has 0 aliphatic heterocycles. The Hall–Kier alpha value is -1.96. The lowest BCUT2D eigenvalue weighted by atomic mass is 10.2. The standard InChI is InChI=1S/C9H16N6O2/c1-3-6(10)7-4-15(14-13-7)5(2)8(16)12-9(11)17/h4-6H,3,10H2,1-2H3,(H3,11,12,16,17). The van der Waals surface area contributed by atoms with Crippen LogP contribution in [0.4, 0.5) is 4.79 Å². The van der Waals surface area contributed by atoms with Crippen LogP contribution in [0.15, 0.2) is 6.20 Å². The lowest BCUT2D eigenvalue weighted by Gasteiger charge is -2.09. The number of rotatable bonds is 4. The highest BCUT2D eigenvalue weighted by atomic mass is 16.2. The smallest absolute Gasteiger partial charge is 0.318 e. The molecule has 5 N–H and O–H groups in total. The van der Waals surface area contributed by atoms with E-state index in [1.807, 2.05) is 12.2 Å². The van der Waals surface area contributed by atoms with Gasteiger partial charge >= 0.3 is 6.03 Å². The number of nitrogens with two attached hydrogens (primary N) is 2. The Kier molecular flexibility index (Phi) is 4.16. The number of primary amides is 1. The number of carbonyl (C=O) groups excluding carboxylic acids is 2. The van der Waals surface area contributed by atoms with Gasteiger partial charge in [-0.05, 0) is 13.3 Å². The maximum atomic E-state index is 11.5. The summed E-state index contributed by atoms with van der Waals surface area (Å²) < 4.78 is 1.34. The van der Waals surface area contributed by atoms with Gasteiger partial charge in [-0.1, -0.05) is 12.1 Å². The molecular weight excluding hydrogens is 224 g/mol.